The minimum absolute atomic E-state index is 0.341. The fourth-order valence-electron chi connectivity index (χ4n) is 2.64. The Balaban J connectivity index is 0.000000339. The zero-order valence-electron chi connectivity index (χ0n) is 16.2. The third kappa shape index (κ3) is 5.15. The predicted molar refractivity (Wildman–Crippen MR) is 103 cm³/mol. The van der Waals surface area contributed by atoms with Crippen molar-refractivity contribution in [3.8, 4) is 16.9 Å². The molecule has 4 rings (SSSR count). The highest BCUT2D eigenvalue weighted by Crippen LogP contribution is 2.24. The lowest BCUT2D eigenvalue weighted by molar-refractivity contribution is -0.192. The third-order valence-corrected chi connectivity index (χ3v) is 4.52. The van der Waals surface area contributed by atoms with E-state index in [-0.39, 0.29) is 0 Å². The second-order valence-corrected chi connectivity index (χ2v) is 6.58. The van der Waals surface area contributed by atoms with E-state index < -0.39 is 18.1 Å². The minimum Gasteiger partial charge on any atom is -0.475 e. The molecule has 3 heterocycles. The van der Waals surface area contributed by atoms with Crippen molar-refractivity contribution in [1.82, 2.24) is 25.1 Å². The molecule has 12 heteroatoms. The van der Waals surface area contributed by atoms with Crippen LogP contribution in [0.3, 0.4) is 0 Å². The molecule has 0 atom stereocenters. The number of aliphatic carboxylic acids is 1. The topological polar surface area (TPSA) is 96.2 Å². The van der Waals surface area contributed by atoms with Crippen molar-refractivity contribution in [1.29, 1.82) is 0 Å². The number of nitrogens with zero attached hydrogens (tertiary/aromatic N) is 5. The first-order chi connectivity index (χ1) is 14.7. The summed E-state index contributed by atoms with van der Waals surface area (Å²) < 4.78 is 47.8. The van der Waals surface area contributed by atoms with Gasteiger partial charge in [-0.1, -0.05) is 18.2 Å². The molecule has 0 amide bonds. The molecule has 1 aliphatic heterocycles. The van der Waals surface area contributed by atoms with Crippen LogP contribution in [-0.4, -0.2) is 63.2 Å². The van der Waals surface area contributed by atoms with Gasteiger partial charge in [0.1, 0.15) is 5.82 Å². The summed E-state index contributed by atoms with van der Waals surface area (Å²) in [7, 11) is 1.98. The Morgan fingerprint density at radius 1 is 1.19 bits per heavy atom. The lowest BCUT2D eigenvalue weighted by atomic mass is 10.1. The first-order valence-corrected chi connectivity index (χ1v) is 9.03. The summed E-state index contributed by atoms with van der Waals surface area (Å²) in [4.78, 5) is 19.7. The van der Waals surface area contributed by atoms with E-state index in [1.54, 1.807) is 24.5 Å². The highest BCUT2D eigenvalue weighted by Gasteiger charge is 2.38. The molecule has 8 nitrogen and oxygen atoms in total. The van der Waals surface area contributed by atoms with Gasteiger partial charge in [0.2, 0.25) is 5.95 Å². The number of carbonyl (C=O) groups is 1. The number of alkyl halides is 3. The van der Waals surface area contributed by atoms with Crippen molar-refractivity contribution in [2.45, 2.75) is 12.2 Å². The van der Waals surface area contributed by atoms with Crippen molar-refractivity contribution in [3.05, 3.63) is 54.9 Å². The van der Waals surface area contributed by atoms with E-state index in [0.29, 0.717) is 23.0 Å². The molecular weight excluding hydrogens is 420 g/mol. The van der Waals surface area contributed by atoms with Gasteiger partial charge in [0, 0.05) is 20.1 Å². The van der Waals surface area contributed by atoms with Crippen LogP contribution < -0.4 is 10.2 Å². The number of hydrogen-bond acceptors (Lipinski definition) is 6. The van der Waals surface area contributed by atoms with Crippen LogP contribution in [0, 0.1) is 5.95 Å². The maximum atomic E-state index is 14.8. The van der Waals surface area contributed by atoms with Gasteiger partial charge >= 0.3 is 12.1 Å². The van der Waals surface area contributed by atoms with Crippen molar-refractivity contribution in [2.24, 2.45) is 0 Å². The van der Waals surface area contributed by atoms with Crippen LogP contribution in [0.1, 0.15) is 0 Å². The Morgan fingerprint density at radius 2 is 1.84 bits per heavy atom. The summed E-state index contributed by atoms with van der Waals surface area (Å²) in [5.74, 6) is -2.47. The highest BCUT2D eigenvalue weighted by atomic mass is 19.4. The van der Waals surface area contributed by atoms with Crippen LogP contribution in [-0.2, 0) is 4.79 Å². The number of benzene rings is 1. The van der Waals surface area contributed by atoms with Crippen LogP contribution >= 0.6 is 0 Å². The lowest BCUT2D eigenvalue weighted by Crippen LogP contribution is -2.56. The number of nitrogens with one attached hydrogen (secondary N) is 1. The van der Waals surface area contributed by atoms with Gasteiger partial charge < -0.3 is 15.3 Å². The van der Waals surface area contributed by atoms with E-state index in [2.05, 4.69) is 25.3 Å². The SMILES string of the molecule is CN(c1cncc(-c2cnn(-c3ccccc3)c2F)n1)C1CNC1.O=C(O)C(F)(F)F. The molecule has 0 spiro atoms. The second kappa shape index (κ2) is 9.08. The number of carboxylic acids is 1. The zero-order chi connectivity index (χ0) is 22.6. The fourth-order valence-corrected chi connectivity index (χ4v) is 2.64. The molecule has 3 aromatic rings. The monoisotopic (exact) mass is 438 g/mol. The van der Waals surface area contributed by atoms with Crippen molar-refractivity contribution >= 4 is 11.8 Å². The largest absolute Gasteiger partial charge is 0.490 e. The zero-order valence-corrected chi connectivity index (χ0v) is 16.2. The Morgan fingerprint density at radius 3 is 2.39 bits per heavy atom. The Bertz CT molecular complexity index is 1040. The average molecular weight is 438 g/mol. The van der Waals surface area contributed by atoms with Crippen LogP contribution in [0.25, 0.3) is 16.9 Å². The van der Waals surface area contributed by atoms with Gasteiger partial charge in [0.25, 0.3) is 0 Å². The quantitative estimate of drug-likeness (QED) is 0.605. The first-order valence-electron chi connectivity index (χ1n) is 9.03. The van der Waals surface area contributed by atoms with E-state index in [4.69, 9.17) is 9.90 Å². The summed E-state index contributed by atoms with van der Waals surface area (Å²) in [6, 6.07) is 9.58. The fraction of sp³-hybridized carbons (Fsp3) is 0.263. The van der Waals surface area contributed by atoms with E-state index in [1.165, 1.54) is 10.9 Å². The molecule has 0 radical (unpaired) electrons. The summed E-state index contributed by atoms with van der Waals surface area (Å²) in [6.07, 6.45) is -0.339. The number of carboxylic acid groups (broad SMARTS) is 1. The highest BCUT2D eigenvalue weighted by molar-refractivity contribution is 5.73. The van der Waals surface area contributed by atoms with Crippen molar-refractivity contribution in [2.75, 3.05) is 25.0 Å². The molecule has 1 fully saturated rings. The Hall–Kier alpha value is -3.54. The van der Waals surface area contributed by atoms with Gasteiger partial charge in [-0.25, -0.2) is 14.5 Å². The molecule has 1 aromatic carbocycles. The van der Waals surface area contributed by atoms with Gasteiger partial charge in [-0.2, -0.15) is 22.7 Å². The molecule has 31 heavy (non-hydrogen) atoms. The third-order valence-electron chi connectivity index (χ3n) is 4.52. The van der Waals surface area contributed by atoms with Gasteiger partial charge in [-0.05, 0) is 12.1 Å². The maximum absolute atomic E-state index is 14.8. The van der Waals surface area contributed by atoms with Crippen LogP contribution in [0.5, 0.6) is 0 Å². The summed E-state index contributed by atoms with van der Waals surface area (Å²) >= 11 is 0. The molecule has 0 bridgehead atoms. The molecule has 2 aromatic heterocycles. The van der Waals surface area contributed by atoms with E-state index >= 15 is 0 Å². The smallest absolute Gasteiger partial charge is 0.475 e. The van der Waals surface area contributed by atoms with Crippen molar-refractivity contribution < 1.29 is 27.5 Å². The first kappa shape index (κ1) is 22.2. The molecule has 2 N–H and O–H groups in total. The molecule has 1 saturated heterocycles. The Labute approximate surface area is 174 Å². The molecule has 164 valence electrons. The van der Waals surface area contributed by atoms with Crippen LogP contribution in [0.4, 0.5) is 23.4 Å². The number of likely N-dealkylation sites (N-methyl/N-ethyl adjacent to an activating group) is 1. The summed E-state index contributed by atoms with van der Waals surface area (Å²) in [5.41, 5.74) is 1.49. The van der Waals surface area contributed by atoms with Gasteiger partial charge in [-0.15, -0.1) is 0 Å². The van der Waals surface area contributed by atoms with Crippen molar-refractivity contribution in [3.63, 3.8) is 0 Å². The number of anilines is 1. The van der Waals surface area contributed by atoms with Crippen LogP contribution in [0.15, 0.2) is 48.9 Å². The van der Waals surface area contributed by atoms with Gasteiger partial charge in [-0.3, -0.25) is 4.98 Å². The molecule has 0 saturated carbocycles. The van der Waals surface area contributed by atoms with Gasteiger partial charge in [0.15, 0.2) is 0 Å². The lowest BCUT2D eigenvalue weighted by Gasteiger charge is -2.36. The molecular formula is C19H18F4N6O2. The number of halogens is 4. The normalized spacial score (nSPS) is 13.7. The maximum Gasteiger partial charge on any atom is 0.490 e. The number of para-hydroxylation sites is 1. The molecule has 0 aliphatic carbocycles. The van der Waals surface area contributed by atoms with E-state index in [9.17, 15) is 17.6 Å². The second-order valence-electron chi connectivity index (χ2n) is 6.58. The number of aromatic nitrogens is 4. The van der Waals surface area contributed by atoms with E-state index in [0.717, 1.165) is 18.9 Å². The van der Waals surface area contributed by atoms with Crippen LogP contribution in [0.2, 0.25) is 0 Å². The predicted octanol–water partition coefficient (Wildman–Crippen LogP) is 2.51. The summed E-state index contributed by atoms with van der Waals surface area (Å²) in [6.45, 7) is 1.84. The standard InChI is InChI=1S/C17H17FN6.C2HF3O2/c1-23(13-7-19-8-13)16-11-20-10-15(22-16)14-9-21-24(17(14)18)12-5-3-2-4-6-12;3-2(4,5)1(6)7/h2-6,9-11,13,19H,7-8H2,1H3;(H,6,7). The van der Waals surface area contributed by atoms with E-state index in [1.807, 2.05) is 25.2 Å². The van der Waals surface area contributed by atoms with Gasteiger partial charge in [0.05, 0.1) is 41.6 Å². The minimum atomic E-state index is -5.08. The molecule has 0 unspecified atom stereocenters. The number of hydrogen-bond donors (Lipinski definition) is 2. The number of rotatable bonds is 4. The molecule has 1 aliphatic rings. The average Bonchev–Trinajstić information content (AvgIpc) is 3.08. The Kier molecular flexibility index (Phi) is 6.49. The summed E-state index contributed by atoms with van der Waals surface area (Å²) in [5, 5.41) is 14.5.